The molecule has 5 nitrogen and oxygen atoms in total. The molecule has 2 N–H and O–H groups in total. The Bertz CT molecular complexity index is 686. The minimum atomic E-state index is -1.31. The Hall–Kier alpha value is -2.60. The van der Waals surface area contributed by atoms with E-state index < -0.39 is 5.60 Å². The second-order valence-corrected chi connectivity index (χ2v) is 5.50. The average molecular weight is 333 g/mol. The van der Waals surface area contributed by atoms with Crippen molar-refractivity contribution in [3.8, 4) is 11.5 Å². The van der Waals surface area contributed by atoms with Crippen molar-refractivity contribution in [2.45, 2.75) is 12.5 Å². The molecule has 0 fully saturated rings. The van der Waals surface area contributed by atoms with Crippen molar-refractivity contribution >= 4 is 5.91 Å². The number of carbonyl (C=O) groups is 1. The van der Waals surface area contributed by atoms with Crippen LogP contribution in [0, 0.1) is 5.82 Å². The van der Waals surface area contributed by atoms with Crippen molar-refractivity contribution in [2.24, 2.45) is 0 Å². The van der Waals surface area contributed by atoms with Crippen molar-refractivity contribution in [3.05, 3.63) is 59.9 Å². The number of amides is 1. The minimum absolute atomic E-state index is 0.0211. The lowest BCUT2D eigenvalue weighted by atomic mass is 9.96. The van der Waals surface area contributed by atoms with Crippen LogP contribution in [0.5, 0.6) is 11.5 Å². The number of rotatable bonds is 7. The third kappa shape index (κ3) is 4.70. The summed E-state index contributed by atoms with van der Waals surface area (Å²) in [5, 5.41) is 13.0. The topological polar surface area (TPSA) is 67.8 Å². The van der Waals surface area contributed by atoms with Gasteiger partial charge in [-0.1, -0.05) is 24.3 Å². The van der Waals surface area contributed by atoms with Gasteiger partial charge in [-0.2, -0.15) is 0 Å². The fourth-order valence-electron chi connectivity index (χ4n) is 2.11. The van der Waals surface area contributed by atoms with Crippen LogP contribution < -0.4 is 14.8 Å². The third-order valence-electron chi connectivity index (χ3n) is 3.52. The predicted octanol–water partition coefficient (Wildman–Crippen LogP) is 2.24. The van der Waals surface area contributed by atoms with Gasteiger partial charge in [-0.15, -0.1) is 0 Å². The van der Waals surface area contributed by atoms with Crippen molar-refractivity contribution in [3.63, 3.8) is 0 Å². The Balaban J connectivity index is 1.87. The molecule has 0 aliphatic carbocycles. The first kappa shape index (κ1) is 17.7. The number of methoxy groups -OCH3 is 1. The number of carbonyl (C=O) groups excluding carboxylic acids is 1. The largest absolute Gasteiger partial charge is 0.493 e. The quantitative estimate of drug-likeness (QED) is 0.815. The number of halogens is 1. The summed E-state index contributed by atoms with van der Waals surface area (Å²) in [7, 11) is 1.52. The highest BCUT2D eigenvalue weighted by Crippen LogP contribution is 2.25. The van der Waals surface area contributed by atoms with Crippen molar-refractivity contribution in [2.75, 3.05) is 20.3 Å². The predicted molar refractivity (Wildman–Crippen MR) is 87.5 cm³/mol. The molecule has 128 valence electrons. The second-order valence-electron chi connectivity index (χ2n) is 5.50. The number of benzene rings is 2. The standard InChI is InChI=1S/C18H20FNO4/c1-18(22,13-7-9-14(19)10-8-13)12-20-17(21)11-24-16-6-4-3-5-15(16)23-2/h3-10,22H,11-12H2,1-2H3,(H,20,21). The SMILES string of the molecule is COc1ccccc1OCC(=O)NCC(C)(O)c1ccc(F)cc1. The molecular formula is C18H20FNO4. The zero-order valence-corrected chi connectivity index (χ0v) is 13.6. The van der Waals surface area contributed by atoms with Crippen LogP contribution in [0.3, 0.4) is 0 Å². The highest BCUT2D eigenvalue weighted by atomic mass is 19.1. The zero-order chi connectivity index (χ0) is 17.6. The van der Waals surface area contributed by atoms with Crippen LogP contribution in [-0.4, -0.2) is 31.3 Å². The van der Waals surface area contributed by atoms with E-state index in [9.17, 15) is 14.3 Å². The summed E-state index contributed by atoms with van der Waals surface area (Å²) in [6, 6.07) is 12.5. The van der Waals surface area contributed by atoms with Gasteiger partial charge in [-0.3, -0.25) is 4.79 Å². The smallest absolute Gasteiger partial charge is 0.258 e. The number of aliphatic hydroxyl groups is 1. The molecule has 2 aromatic rings. The van der Waals surface area contributed by atoms with Gasteiger partial charge < -0.3 is 19.9 Å². The molecule has 0 aliphatic heterocycles. The lowest BCUT2D eigenvalue weighted by Crippen LogP contribution is -2.40. The highest BCUT2D eigenvalue weighted by molar-refractivity contribution is 5.77. The van der Waals surface area contributed by atoms with Crippen molar-refractivity contribution in [1.29, 1.82) is 0 Å². The molecule has 0 radical (unpaired) electrons. The maximum atomic E-state index is 12.9. The van der Waals surface area contributed by atoms with Crippen LogP contribution >= 0.6 is 0 Å². The summed E-state index contributed by atoms with van der Waals surface area (Å²) in [6.07, 6.45) is 0. The van der Waals surface area contributed by atoms with E-state index in [2.05, 4.69) is 5.32 Å². The number of hydrogen-bond donors (Lipinski definition) is 2. The molecule has 0 bridgehead atoms. The van der Waals surface area contributed by atoms with Gasteiger partial charge in [0.25, 0.3) is 5.91 Å². The van der Waals surface area contributed by atoms with Gasteiger partial charge in [0.1, 0.15) is 11.4 Å². The van der Waals surface area contributed by atoms with Crippen LogP contribution in [-0.2, 0) is 10.4 Å². The van der Waals surface area contributed by atoms with E-state index in [4.69, 9.17) is 9.47 Å². The Morgan fingerprint density at radius 2 is 1.79 bits per heavy atom. The van der Waals surface area contributed by atoms with E-state index in [-0.39, 0.29) is 24.9 Å². The summed E-state index contributed by atoms with van der Waals surface area (Å²) in [5.74, 6) is 0.219. The summed E-state index contributed by atoms with van der Waals surface area (Å²) in [6.45, 7) is 1.31. The first-order valence-corrected chi connectivity index (χ1v) is 7.43. The lowest BCUT2D eigenvalue weighted by Gasteiger charge is -2.24. The highest BCUT2D eigenvalue weighted by Gasteiger charge is 2.24. The van der Waals surface area contributed by atoms with Gasteiger partial charge in [0, 0.05) is 0 Å². The van der Waals surface area contributed by atoms with E-state index in [1.807, 2.05) is 0 Å². The van der Waals surface area contributed by atoms with E-state index in [1.54, 1.807) is 31.2 Å². The molecule has 0 aliphatic rings. The van der Waals surface area contributed by atoms with E-state index in [0.29, 0.717) is 17.1 Å². The number of hydrogen-bond acceptors (Lipinski definition) is 4. The summed E-state index contributed by atoms with van der Waals surface area (Å²) in [4.78, 5) is 11.9. The minimum Gasteiger partial charge on any atom is -0.493 e. The monoisotopic (exact) mass is 333 g/mol. The number of ether oxygens (including phenoxy) is 2. The molecule has 0 aromatic heterocycles. The molecule has 0 spiro atoms. The number of nitrogens with one attached hydrogen (secondary N) is 1. The summed E-state index contributed by atoms with van der Waals surface area (Å²) >= 11 is 0. The molecule has 24 heavy (non-hydrogen) atoms. The van der Waals surface area contributed by atoms with E-state index >= 15 is 0 Å². The first-order valence-electron chi connectivity index (χ1n) is 7.43. The van der Waals surface area contributed by atoms with Crippen LogP contribution in [0.2, 0.25) is 0 Å². The lowest BCUT2D eigenvalue weighted by molar-refractivity contribution is -0.124. The van der Waals surface area contributed by atoms with Gasteiger partial charge in [0.2, 0.25) is 0 Å². The van der Waals surface area contributed by atoms with Gasteiger partial charge in [0.15, 0.2) is 18.1 Å². The van der Waals surface area contributed by atoms with Gasteiger partial charge >= 0.3 is 0 Å². The van der Waals surface area contributed by atoms with Crippen LogP contribution in [0.1, 0.15) is 12.5 Å². The van der Waals surface area contributed by atoms with Crippen LogP contribution in [0.25, 0.3) is 0 Å². The summed E-state index contributed by atoms with van der Waals surface area (Å²) < 4.78 is 23.5. The Kier molecular flexibility index (Phi) is 5.76. The Morgan fingerprint density at radius 1 is 1.17 bits per heavy atom. The normalized spacial score (nSPS) is 13.0. The molecule has 0 heterocycles. The number of para-hydroxylation sites is 2. The van der Waals surface area contributed by atoms with Crippen LogP contribution in [0.4, 0.5) is 4.39 Å². The maximum absolute atomic E-state index is 12.9. The van der Waals surface area contributed by atoms with E-state index in [0.717, 1.165) is 0 Å². The molecule has 6 heteroatoms. The molecule has 1 atom stereocenters. The fourth-order valence-corrected chi connectivity index (χ4v) is 2.11. The Morgan fingerprint density at radius 3 is 2.42 bits per heavy atom. The van der Waals surface area contributed by atoms with Crippen molar-refractivity contribution < 1.29 is 23.8 Å². The molecule has 0 saturated heterocycles. The van der Waals surface area contributed by atoms with Crippen LogP contribution in [0.15, 0.2) is 48.5 Å². The molecular weight excluding hydrogens is 313 g/mol. The molecule has 2 aromatic carbocycles. The van der Waals surface area contributed by atoms with Gasteiger partial charge in [-0.25, -0.2) is 4.39 Å². The van der Waals surface area contributed by atoms with Gasteiger partial charge in [0.05, 0.1) is 13.7 Å². The molecule has 0 saturated carbocycles. The molecule has 1 amide bonds. The van der Waals surface area contributed by atoms with Gasteiger partial charge in [-0.05, 0) is 36.8 Å². The van der Waals surface area contributed by atoms with E-state index in [1.165, 1.54) is 31.4 Å². The Labute approximate surface area is 140 Å². The molecule has 2 rings (SSSR count). The molecule has 1 unspecified atom stereocenters. The summed E-state index contributed by atoms with van der Waals surface area (Å²) in [5.41, 5.74) is -0.803. The fraction of sp³-hybridized carbons (Fsp3) is 0.278. The zero-order valence-electron chi connectivity index (χ0n) is 13.6. The first-order chi connectivity index (χ1) is 11.4. The second kappa shape index (κ2) is 7.79. The third-order valence-corrected chi connectivity index (χ3v) is 3.52. The average Bonchev–Trinajstić information content (AvgIpc) is 2.59. The van der Waals surface area contributed by atoms with Crippen molar-refractivity contribution in [1.82, 2.24) is 5.32 Å². The maximum Gasteiger partial charge on any atom is 0.258 e.